The minimum Gasteiger partial charge on any atom is -0.459 e. The summed E-state index contributed by atoms with van der Waals surface area (Å²) in [6.45, 7) is 0.650. The van der Waals surface area contributed by atoms with Gasteiger partial charge in [0, 0.05) is 18.2 Å². The molecule has 1 amide bonds. The van der Waals surface area contributed by atoms with Gasteiger partial charge >= 0.3 is 0 Å². The van der Waals surface area contributed by atoms with Crippen molar-refractivity contribution in [3.05, 3.63) is 66.1 Å². The number of hydrogen-bond donors (Lipinski definition) is 0. The van der Waals surface area contributed by atoms with Gasteiger partial charge < -0.3 is 13.8 Å². The normalized spacial score (nSPS) is 17.9. The second-order valence-electron chi connectivity index (χ2n) is 6.46. The number of benzene rings is 1. The molecule has 0 aliphatic carbocycles. The molecule has 0 radical (unpaired) electrons. The van der Waals surface area contributed by atoms with Gasteiger partial charge in [-0.1, -0.05) is 18.0 Å². The highest BCUT2D eigenvalue weighted by Gasteiger charge is 2.31. The van der Waals surface area contributed by atoms with Crippen LogP contribution in [0, 0.1) is 5.82 Å². The number of furan rings is 1. The van der Waals surface area contributed by atoms with Crippen LogP contribution in [0.3, 0.4) is 0 Å². The number of carbonyl (C=O) groups excluding carboxylic acids is 1. The van der Waals surface area contributed by atoms with Crippen molar-refractivity contribution in [2.45, 2.75) is 31.7 Å². The first-order valence-corrected chi connectivity index (χ1v) is 8.79. The minimum atomic E-state index is -0.295. The van der Waals surface area contributed by atoms with Gasteiger partial charge in [-0.25, -0.2) is 4.39 Å². The summed E-state index contributed by atoms with van der Waals surface area (Å²) in [7, 11) is 0. The van der Waals surface area contributed by atoms with Crippen LogP contribution >= 0.6 is 0 Å². The molecule has 5 nitrogen and oxygen atoms in total. The van der Waals surface area contributed by atoms with E-state index in [4.69, 9.17) is 8.94 Å². The average Bonchev–Trinajstić information content (AvgIpc) is 3.30. The van der Waals surface area contributed by atoms with E-state index in [1.807, 2.05) is 6.07 Å². The van der Waals surface area contributed by atoms with Crippen molar-refractivity contribution in [2.24, 2.45) is 0 Å². The van der Waals surface area contributed by atoms with Crippen molar-refractivity contribution in [3.8, 4) is 11.3 Å². The number of amides is 1. The predicted molar refractivity (Wildman–Crippen MR) is 92.9 cm³/mol. The Morgan fingerprint density at radius 1 is 1.15 bits per heavy atom. The van der Waals surface area contributed by atoms with Crippen molar-refractivity contribution >= 4 is 5.91 Å². The molecule has 4 rings (SSSR count). The van der Waals surface area contributed by atoms with Crippen LogP contribution < -0.4 is 0 Å². The minimum absolute atomic E-state index is 0.137. The maximum Gasteiger partial charge on any atom is 0.290 e. The van der Waals surface area contributed by atoms with Gasteiger partial charge in [-0.05, 0) is 49.2 Å². The fraction of sp³-hybridized carbons (Fsp3) is 0.300. The molecular weight excluding hydrogens is 335 g/mol. The highest BCUT2D eigenvalue weighted by atomic mass is 19.1. The van der Waals surface area contributed by atoms with Crippen LogP contribution in [-0.4, -0.2) is 22.5 Å². The van der Waals surface area contributed by atoms with Gasteiger partial charge in [0.2, 0.25) is 0 Å². The molecule has 1 fully saturated rings. The van der Waals surface area contributed by atoms with Crippen molar-refractivity contribution in [1.82, 2.24) is 10.1 Å². The molecule has 134 valence electrons. The summed E-state index contributed by atoms with van der Waals surface area (Å²) in [5.41, 5.74) is 1.41. The van der Waals surface area contributed by atoms with Crippen molar-refractivity contribution in [2.75, 3.05) is 6.54 Å². The second-order valence-corrected chi connectivity index (χ2v) is 6.46. The number of rotatable bonds is 3. The fourth-order valence-corrected chi connectivity index (χ4v) is 3.39. The van der Waals surface area contributed by atoms with E-state index in [-0.39, 0.29) is 17.8 Å². The maximum atomic E-state index is 13.1. The molecular formula is C20H19FN2O3. The van der Waals surface area contributed by atoms with Crippen molar-refractivity contribution < 1.29 is 18.1 Å². The molecule has 26 heavy (non-hydrogen) atoms. The van der Waals surface area contributed by atoms with Crippen LogP contribution in [0.15, 0.2) is 57.7 Å². The molecule has 3 heterocycles. The van der Waals surface area contributed by atoms with Crippen molar-refractivity contribution in [3.63, 3.8) is 0 Å². The summed E-state index contributed by atoms with van der Waals surface area (Å²) in [4.78, 5) is 14.6. The Balaban J connectivity index is 1.63. The number of aromatic nitrogens is 1. The number of hydrogen-bond acceptors (Lipinski definition) is 4. The molecule has 1 saturated heterocycles. The molecule has 1 aliphatic rings. The smallest absolute Gasteiger partial charge is 0.290 e. The molecule has 3 aromatic rings. The largest absolute Gasteiger partial charge is 0.459 e. The van der Waals surface area contributed by atoms with Gasteiger partial charge in [0.15, 0.2) is 11.5 Å². The molecule has 6 heteroatoms. The van der Waals surface area contributed by atoms with Gasteiger partial charge in [0.05, 0.1) is 12.3 Å². The third-order valence-corrected chi connectivity index (χ3v) is 4.74. The second kappa shape index (κ2) is 7.15. The Kier molecular flexibility index (Phi) is 4.56. The van der Waals surface area contributed by atoms with E-state index in [1.165, 1.54) is 18.4 Å². The van der Waals surface area contributed by atoms with E-state index >= 15 is 0 Å². The van der Waals surface area contributed by atoms with E-state index in [2.05, 4.69) is 5.16 Å². The summed E-state index contributed by atoms with van der Waals surface area (Å²) in [6, 6.07) is 11.1. The lowest BCUT2D eigenvalue weighted by Crippen LogP contribution is -2.34. The molecule has 1 unspecified atom stereocenters. The summed E-state index contributed by atoms with van der Waals surface area (Å²) in [5.74, 6) is 0.541. The SMILES string of the molecule is O=C(c1ccco1)N1CCCCCC1c1cc(-c2ccc(F)cc2)no1. The lowest BCUT2D eigenvalue weighted by Gasteiger charge is -2.27. The topological polar surface area (TPSA) is 59.5 Å². The van der Waals surface area contributed by atoms with Crippen LogP contribution in [0.4, 0.5) is 4.39 Å². The first kappa shape index (κ1) is 16.6. The lowest BCUT2D eigenvalue weighted by atomic mass is 10.1. The van der Waals surface area contributed by atoms with E-state index in [0.29, 0.717) is 23.8 Å². The van der Waals surface area contributed by atoms with E-state index in [9.17, 15) is 9.18 Å². The zero-order valence-corrected chi connectivity index (χ0v) is 14.2. The zero-order chi connectivity index (χ0) is 17.9. The molecule has 1 aliphatic heterocycles. The average molecular weight is 354 g/mol. The number of halogens is 1. The van der Waals surface area contributed by atoms with Crippen LogP contribution in [0.5, 0.6) is 0 Å². The predicted octanol–water partition coefficient (Wildman–Crippen LogP) is 4.83. The molecule has 1 atom stereocenters. The number of carbonyl (C=O) groups is 1. The van der Waals surface area contributed by atoms with Crippen molar-refractivity contribution in [1.29, 1.82) is 0 Å². The summed E-state index contributed by atoms with van der Waals surface area (Å²) in [6.07, 6.45) is 5.34. The van der Waals surface area contributed by atoms with Crippen LogP contribution in [0.25, 0.3) is 11.3 Å². The quantitative estimate of drug-likeness (QED) is 0.676. The summed E-state index contributed by atoms with van der Waals surface area (Å²) < 4.78 is 24.0. The fourth-order valence-electron chi connectivity index (χ4n) is 3.39. The first-order valence-electron chi connectivity index (χ1n) is 8.79. The third kappa shape index (κ3) is 3.27. The Morgan fingerprint density at radius 3 is 2.77 bits per heavy atom. The molecule has 0 saturated carbocycles. The number of nitrogens with zero attached hydrogens (tertiary/aromatic N) is 2. The molecule has 1 aromatic carbocycles. The Bertz CT molecular complexity index is 871. The van der Waals surface area contributed by atoms with Gasteiger partial charge in [-0.15, -0.1) is 0 Å². The van der Waals surface area contributed by atoms with E-state index < -0.39 is 0 Å². The molecule has 2 aromatic heterocycles. The third-order valence-electron chi connectivity index (χ3n) is 4.74. The lowest BCUT2D eigenvalue weighted by molar-refractivity contribution is 0.0618. The Labute approximate surface area is 150 Å². The zero-order valence-electron chi connectivity index (χ0n) is 14.2. The number of likely N-dealkylation sites (tertiary alicyclic amines) is 1. The highest BCUT2D eigenvalue weighted by molar-refractivity contribution is 5.91. The van der Waals surface area contributed by atoms with Gasteiger partial charge in [-0.2, -0.15) is 0 Å². The Morgan fingerprint density at radius 2 is 2.00 bits per heavy atom. The van der Waals surface area contributed by atoms with Gasteiger partial charge in [0.25, 0.3) is 5.91 Å². The Hall–Kier alpha value is -2.89. The maximum absolute atomic E-state index is 13.1. The monoisotopic (exact) mass is 354 g/mol. The standard InChI is InChI=1S/C20H19FN2O3/c21-15-9-7-14(8-10-15)16-13-19(26-22-16)17-5-2-1-3-11-23(17)20(24)18-6-4-12-25-18/h4,6-10,12-13,17H,1-3,5,11H2. The molecule has 0 N–H and O–H groups in total. The highest BCUT2D eigenvalue weighted by Crippen LogP contribution is 2.33. The van der Waals surface area contributed by atoms with Crippen LogP contribution in [0.1, 0.15) is 48.0 Å². The van der Waals surface area contributed by atoms with Gasteiger partial charge in [0.1, 0.15) is 11.5 Å². The van der Waals surface area contributed by atoms with Crippen LogP contribution in [-0.2, 0) is 0 Å². The van der Waals surface area contributed by atoms with E-state index in [1.54, 1.807) is 29.2 Å². The molecule has 0 bridgehead atoms. The van der Waals surface area contributed by atoms with Crippen LogP contribution in [0.2, 0.25) is 0 Å². The summed E-state index contributed by atoms with van der Waals surface area (Å²) >= 11 is 0. The molecule has 0 spiro atoms. The summed E-state index contributed by atoms with van der Waals surface area (Å²) in [5, 5.41) is 4.12. The van der Waals surface area contributed by atoms with E-state index in [0.717, 1.165) is 31.2 Å². The first-order chi connectivity index (χ1) is 12.7. The van der Waals surface area contributed by atoms with Gasteiger partial charge in [-0.3, -0.25) is 4.79 Å².